The number of carbonyl (C=O) groups is 1. The third-order valence-electron chi connectivity index (χ3n) is 6.65. The van der Waals surface area contributed by atoms with Crippen molar-refractivity contribution < 1.29 is 18.3 Å². The number of hydrogen-bond acceptors (Lipinski definition) is 6. The number of fused-ring (bicyclic) bond motifs is 1. The predicted molar refractivity (Wildman–Crippen MR) is 125 cm³/mol. The Kier molecular flexibility index (Phi) is 6.69. The molecule has 35 heavy (non-hydrogen) atoms. The molecule has 2 atom stereocenters. The zero-order valence-electron chi connectivity index (χ0n) is 19.4. The largest absolute Gasteiger partial charge is 0.383 e. The van der Waals surface area contributed by atoms with Crippen LogP contribution in [-0.4, -0.2) is 70.3 Å². The van der Waals surface area contributed by atoms with E-state index in [1.165, 1.54) is 6.07 Å². The first-order valence-electron chi connectivity index (χ1n) is 11.6. The normalized spacial score (nSPS) is 19.6. The summed E-state index contributed by atoms with van der Waals surface area (Å²) in [7, 11) is 1.63. The number of ether oxygens (including phenoxy) is 1. The maximum Gasteiger partial charge on any atom is 0.320 e. The summed E-state index contributed by atoms with van der Waals surface area (Å²) in [6.07, 6.45) is 5.83. The van der Waals surface area contributed by atoms with Crippen LogP contribution in [0, 0.1) is 11.6 Å². The number of anilines is 1. The molecule has 2 aromatic heterocycles. The van der Waals surface area contributed by atoms with E-state index in [1.807, 2.05) is 0 Å². The summed E-state index contributed by atoms with van der Waals surface area (Å²) in [6.45, 7) is 2.36. The molecule has 0 saturated carbocycles. The van der Waals surface area contributed by atoms with E-state index in [2.05, 4.69) is 30.8 Å². The summed E-state index contributed by atoms with van der Waals surface area (Å²) < 4.78 is 34.4. The lowest BCUT2D eigenvalue weighted by Crippen LogP contribution is -2.42. The molecule has 5 rings (SSSR count). The van der Waals surface area contributed by atoms with Gasteiger partial charge in [0.05, 0.1) is 36.4 Å². The molecule has 2 N–H and O–H groups in total. The number of aryl methyl sites for hydroxylation is 1. The highest BCUT2D eigenvalue weighted by molar-refractivity contribution is 5.90. The molecule has 2 amide bonds. The van der Waals surface area contributed by atoms with Crippen LogP contribution in [0.5, 0.6) is 0 Å². The number of amides is 2. The van der Waals surface area contributed by atoms with E-state index in [0.717, 1.165) is 36.6 Å². The van der Waals surface area contributed by atoms with Gasteiger partial charge in [0, 0.05) is 38.2 Å². The van der Waals surface area contributed by atoms with Crippen molar-refractivity contribution in [2.75, 3.05) is 38.7 Å². The van der Waals surface area contributed by atoms with Gasteiger partial charge in [0.25, 0.3) is 0 Å². The van der Waals surface area contributed by atoms with Gasteiger partial charge in [-0.25, -0.2) is 18.3 Å². The van der Waals surface area contributed by atoms with Gasteiger partial charge in [-0.05, 0) is 43.0 Å². The molecule has 9 nitrogen and oxygen atoms in total. The minimum atomic E-state index is -0.897. The summed E-state index contributed by atoms with van der Waals surface area (Å²) in [4.78, 5) is 15.3. The number of likely N-dealkylation sites (tertiary alicyclic amines) is 1. The number of halogens is 2. The minimum absolute atomic E-state index is 0.201. The van der Waals surface area contributed by atoms with Gasteiger partial charge in [0.15, 0.2) is 11.6 Å². The van der Waals surface area contributed by atoms with Crippen LogP contribution < -0.4 is 10.6 Å². The Morgan fingerprint density at radius 3 is 2.83 bits per heavy atom. The summed E-state index contributed by atoms with van der Waals surface area (Å²) in [5, 5.41) is 18.5. The zero-order valence-corrected chi connectivity index (χ0v) is 19.4. The van der Waals surface area contributed by atoms with Gasteiger partial charge in [-0.2, -0.15) is 15.3 Å². The van der Waals surface area contributed by atoms with Gasteiger partial charge < -0.3 is 10.1 Å². The number of methoxy groups -OCH3 is 1. The lowest BCUT2D eigenvalue weighted by atomic mass is 9.94. The Morgan fingerprint density at radius 1 is 1.17 bits per heavy atom. The molecule has 1 aliphatic heterocycles. The first-order chi connectivity index (χ1) is 17.0. The molecule has 1 saturated heterocycles. The molecule has 3 heterocycles. The highest BCUT2D eigenvalue weighted by atomic mass is 19.2. The van der Waals surface area contributed by atoms with Crippen LogP contribution >= 0.6 is 0 Å². The molecule has 2 aliphatic rings. The van der Waals surface area contributed by atoms with Gasteiger partial charge in [0.2, 0.25) is 0 Å². The standard InChI is InChI=1S/C24H27F2N7O2/c1-35-10-9-32-13-18(15-5-6-19(25)20(26)11-15)22(14-32)29-24(34)30-23-17-3-2-4-21(17)31-33(23)16-7-8-27-28-12-16/h5-8,11-12,18,22H,2-4,9-10,13-14H2,1H3,(H2,29,30,34)/t18-,22+/m0/s1. The third kappa shape index (κ3) is 4.87. The molecule has 0 radical (unpaired) electrons. The second kappa shape index (κ2) is 10.0. The van der Waals surface area contributed by atoms with E-state index in [9.17, 15) is 13.6 Å². The second-order valence-corrected chi connectivity index (χ2v) is 8.88. The quantitative estimate of drug-likeness (QED) is 0.536. The number of hydrogen-bond donors (Lipinski definition) is 2. The molecule has 3 aromatic rings. The van der Waals surface area contributed by atoms with Crippen LogP contribution in [0.4, 0.5) is 19.4 Å². The van der Waals surface area contributed by atoms with E-state index in [4.69, 9.17) is 4.74 Å². The van der Waals surface area contributed by atoms with Crippen LogP contribution in [0.15, 0.2) is 36.7 Å². The summed E-state index contributed by atoms with van der Waals surface area (Å²) >= 11 is 0. The topological polar surface area (TPSA) is 97.2 Å². The number of benzene rings is 1. The summed E-state index contributed by atoms with van der Waals surface area (Å²) in [5.41, 5.74) is 3.32. The van der Waals surface area contributed by atoms with Gasteiger partial charge in [-0.3, -0.25) is 10.2 Å². The number of nitrogens with zero attached hydrogens (tertiary/aromatic N) is 5. The van der Waals surface area contributed by atoms with E-state index >= 15 is 0 Å². The van der Waals surface area contributed by atoms with Crippen LogP contribution in [0.1, 0.15) is 29.2 Å². The summed E-state index contributed by atoms with van der Waals surface area (Å²) in [5.74, 6) is -1.38. The van der Waals surface area contributed by atoms with Crippen molar-refractivity contribution in [3.05, 3.63) is 65.1 Å². The first kappa shape index (κ1) is 23.3. The Labute approximate surface area is 201 Å². The number of urea groups is 1. The number of carbonyl (C=O) groups excluding carboxylic acids is 1. The Bertz CT molecular complexity index is 1200. The van der Waals surface area contributed by atoms with Crippen molar-refractivity contribution in [3.8, 4) is 5.69 Å². The summed E-state index contributed by atoms with van der Waals surface area (Å²) in [6, 6.07) is 5.02. The Hall–Kier alpha value is -3.44. The van der Waals surface area contributed by atoms with Crippen molar-refractivity contribution in [1.82, 2.24) is 30.2 Å². The maximum absolute atomic E-state index is 14.0. The third-order valence-corrected chi connectivity index (χ3v) is 6.65. The fraction of sp³-hybridized carbons (Fsp3) is 0.417. The number of rotatable bonds is 7. The molecular formula is C24H27F2N7O2. The second-order valence-electron chi connectivity index (χ2n) is 8.88. The maximum atomic E-state index is 14.0. The average Bonchev–Trinajstić information content (AvgIpc) is 3.56. The fourth-order valence-corrected chi connectivity index (χ4v) is 4.94. The average molecular weight is 484 g/mol. The monoisotopic (exact) mass is 483 g/mol. The molecular weight excluding hydrogens is 456 g/mol. The van der Waals surface area contributed by atoms with E-state index in [1.54, 1.807) is 36.3 Å². The number of nitrogens with one attached hydrogen (secondary N) is 2. The van der Waals surface area contributed by atoms with Crippen molar-refractivity contribution in [2.45, 2.75) is 31.2 Å². The molecule has 184 valence electrons. The van der Waals surface area contributed by atoms with Gasteiger partial charge in [-0.15, -0.1) is 0 Å². The smallest absolute Gasteiger partial charge is 0.320 e. The zero-order chi connectivity index (χ0) is 24.4. The first-order valence-corrected chi connectivity index (χ1v) is 11.6. The van der Waals surface area contributed by atoms with Crippen molar-refractivity contribution in [2.24, 2.45) is 0 Å². The van der Waals surface area contributed by atoms with Gasteiger partial charge >= 0.3 is 6.03 Å². The van der Waals surface area contributed by atoms with Crippen molar-refractivity contribution in [3.63, 3.8) is 0 Å². The minimum Gasteiger partial charge on any atom is -0.383 e. The van der Waals surface area contributed by atoms with Gasteiger partial charge in [0.1, 0.15) is 5.82 Å². The molecule has 1 aromatic carbocycles. The van der Waals surface area contributed by atoms with Gasteiger partial charge in [-0.1, -0.05) is 6.07 Å². The lowest BCUT2D eigenvalue weighted by Gasteiger charge is -2.21. The number of aromatic nitrogens is 4. The van der Waals surface area contributed by atoms with E-state index < -0.39 is 11.6 Å². The van der Waals surface area contributed by atoms with E-state index in [-0.39, 0.29) is 18.0 Å². The van der Waals surface area contributed by atoms with Crippen LogP contribution in [0.2, 0.25) is 0 Å². The predicted octanol–water partition coefficient (Wildman–Crippen LogP) is 2.67. The Balaban J connectivity index is 1.37. The van der Waals surface area contributed by atoms with Crippen LogP contribution in [0.3, 0.4) is 0 Å². The fourth-order valence-electron chi connectivity index (χ4n) is 4.94. The molecule has 1 aliphatic carbocycles. The van der Waals surface area contributed by atoms with Crippen molar-refractivity contribution in [1.29, 1.82) is 0 Å². The van der Waals surface area contributed by atoms with Crippen molar-refractivity contribution >= 4 is 11.8 Å². The Morgan fingerprint density at radius 2 is 2.06 bits per heavy atom. The molecule has 0 unspecified atom stereocenters. The SMILES string of the molecule is COCCN1C[C@@H](NC(=O)Nc2c3c(nn2-c2ccnnc2)CCC3)[C@H](c2ccc(F)c(F)c2)C1. The molecule has 11 heteroatoms. The highest BCUT2D eigenvalue weighted by Gasteiger charge is 2.35. The lowest BCUT2D eigenvalue weighted by molar-refractivity contribution is 0.159. The molecule has 0 bridgehead atoms. The van der Waals surface area contributed by atoms with Crippen LogP contribution in [0.25, 0.3) is 5.69 Å². The molecule has 0 spiro atoms. The highest BCUT2D eigenvalue weighted by Crippen LogP contribution is 2.32. The van der Waals surface area contributed by atoms with Crippen LogP contribution in [-0.2, 0) is 17.6 Å². The van der Waals surface area contributed by atoms with E-state index in [0.29, 0.717) is 43.3 Å². The molecule has 1 fully saturated rings.